The van der Waals surface area contributed by atoms with Gasteiger partial charge in [0.1, 0.15) is 6.04 Å². The molecule has 8 heteroatoms. The number of hydrogen-bond acceptors (Lipinski definition) is 5. The van der Waals surface area contributed by atoms with Crippen LogP contribution in [0.3, 0.4) is 0 Å². The summed E-state index contributed by atoms with van der Waals surface area (Å²) in [4.78, 5) is 42.7. The molecule has 4 rings (SSSR count). The van der Waals surface area contributed by atoms with Crippen LogP contribution in [0.4, 0.5) is 0 Å². The molecule has 1 aliphatic rings. The number of aryl methyl sites for hydroxylation is 1. The topological polar surface area (TPSA) is 78.5 Å². The molecular formula is C26H29N3O3S2. The molecule has 1 fully saturated rings. The first-order chi connectivity index (χ1) is 16.5. The quantitative estimate of drug-likeness (QED) is 0.453. The molecule has 0 spiro atoms. The smallest absolute Gasteiger partial charge is 0.261 e. The van der Waals surface area contributed by atoms with Gasteiger partial charge in [0.25, 0.3) is 5.91 Å². The van der Waals surface area contributed by atoms with Crippen molar-refractivity contribution < 1.29 is 14.4 Å². The van der Waals surface area contributed by atoms with Crippen molar-refractivity contribution in [1.29, 1.82) is 0 Å². The van der Waals surface area contributed by atoms with Gasteiger partial charge in [0.15, 0.2) is 0 Å². The normalized spacial score (nSPS) is 14.5. The molecule has 178 valence electrons. The van der Waals surface area contributed by atoms with Gasteiger partial charge in [-0.25, -0.2) is 0 Å². The van der Waals surface area contributed by atoms with Crippen molar-refractivity contribution in [2.45, 2.75) is 51.2 Å². The second kappa shape index (κ2) is 11.4. The Morgan fingerprint density at radius 1 is 1.00 bits per heavy atom. The number of benzene rings is 1. The highest BCUT2D eigenvalue weighted by Gasteiger charge is 2.33. The van der Waals surface area contributed by atoms with Gasteiger partial charge < -0.3 is 15.5 Å². The number of amides is 3. The molecule has 1 aliphatic carbocycles. The zero-order valence-electron chi connectivity index (χ0n) is 19.2. The van der Waals surface area contributed by atoms with Gasteiger partial charge in [-0.15, -0.1) is 22.7 Å². The van der Waals surface area contributed by atoms with E-state index in [1.54, 1.807) is 17.0 Å². The van der Waals surface area contributed by atoms with Crippen molar-refractivity contribution in [2.24, 2.45) is 0 Å². The minimum atomic E-state index is -0.783. The van der Waals surface area contributed by atoms with E-state index < -0.39 is 6.04 Å². The predicted molar refractivity (Wildman–Crippen MR) is 136 cm³/mol. The lowest BCUT2D eigenvalue weighted by molar-refractivity contribution is -0.141. The van der Waals surface area contributed by atoms with Gasteiger partial charge in [0.05, 0.1) is 18.0 Å². The van der Waals surface area contributed by atoms with Crippen LogP contribution in [0.15, 0.2) is 59.3 Å². The standard InChI is InChI=1S/C26H29N3O3S2/c1-18-10-12-19(13-11-18)24(26(32)28-20-6-2-3-7-20)29(17-21-8-4-14-33-21)23(30)16-27-25(31)22-9-5-15-34-22/h4-5,8-15,20,24H,2-3,6-7,16-17H2,1H3,(H,27,31)(H,28,32)/t24-/m1/s1. The first-order valence-corrected chi connectivity index (χ1v) is 13.3. The summed E-state index contributed by atoms with van der Waals surface area (Å²) in [6, 6.07) is 14.5. The van der Waals surface area contributed by atoms with E-state index in [0.717, 1.165) is 41.7 Å². The minimum Gasteiger partial charge on any atom is -0.351 e. The van der Waals surface area contributed by atoms with E-state index in [9.17, 15) is 14.4 Å². The number of carbonyl (C=O) groups is 3. The highest BCUT2D eigenvalue weighted by atomic mass is 32.1. The van der Waals surface area contributed by atoms with Crippen LogP contribution in [0.25, 0.3) is 0 Å². The SMILES string of the molecule is Cc1ccc([C@H](C(=O)NC2CCCC2)N(Cc2cccs2)C(=O)CNC(=O)c2cccs2)cc1. The molecule has 0 bridgehead atoms. The lowest BCUT2D eigenvalue weighted by atomic mass is 10.0. The third-order valence-electron chi connectivity index (χ3n) is 6.03. The largest absolute Gasteiger partial charge is 0.351 e. The summed E-state index contributed by atoms with van der Waals surface area (Å²) in [5.74, 6) is -0.766. The maximum absolute atomic E-state index is 13.6. The fraction of sp³-hybridized carbons (Fsp3) is 0.346. The molecule has 6 nitrogen and oxygen atoms in total. The molecule has 3 aromatic rings. The number of rotatable bonds is 9. The number of carbonyl (C=O) groups excluding carboxylic acids is 3. The Kier molecular flexibility index (Phi) is 8.13. The zero-order valence-corrected chi connectivity index (χ0v) is 20.8. The molecule has 0 radical (unpaired) electrons. The van der Waals surface area contributed by atoms with Crippen molar-refractivity contribution in [3.63, 3.8) is 0 Å². The molecule has 3 amide bonds. The highest BCUT2D eigenvalue weighted by molar-refractivity contribution is 7.12. The Morgan fingerprint density at radius 3 is 2.35 bits per heavy atom. The third kappa shape index (κ3) is 6.12. The Hall–Kier alpha value is -2.97. The van der Waals surface area contributed by atoms with Gasteiger partial charge in [-0.3, -0.25) is 14.4 Å². The predicted octanol–water partition coefficient (Wildman–Crippen LogP) is 4.68. The van der Waals surface area contributed by atoms with Crippen molar-refractivity contribution >= 4 is 40.4 Å². The van der Waals surface area contributed by atoms with Crippen LogP contribution < -0.4 is 10.6 Å². The number of hydrogen-bond donors (Lipinski definition) is 2. The molecular weight excluding hydrogens is 466 g/mol. The summed E-state index contributed by atoms with van der Waals surface area (Å²) in [7, 11) is 0. The number of thiophene rings is 2. The monoisotopic (exact) mass is 495 g/mol. The minimum absolute atomic E-state index is 0.137. The van der Waals surface area contributed by atoms with E-state index in [-0.39, 0.29) is 30.3 Å². The van der Waals surface area contributed by atoms with E-state index in [0.29, 0.717) is 11.4 Å². The molecule has 1 saturated carbocycles. The number of nitrogens with one attached hydrogen (secondary N) is 2. The highest BCUT2D eigenvalue weighted by Crippen LogP contribution is 2.27. The molecule has 0 aliphatic heterocycles. The van der Waals surface area contributed by atoms with E-state index in [4.69, 9.17) is 0 Å². The molecule has 0 saturated heterocycles. The Morgan fingerprint density at radius 2 is 1.71 bits per heavy atom. The zero-order chi connectivity index (χ0) is 23.9. The van der Waals surface area contributed by atoms with Crippen LogP contribution in [0.2, 0.25) is 0 Å². The molecule has 2 heterocycles. The average molecular weight is 496 g/mol. The van der Waals surface area contributed by atoms with Gasteiger partial charge in [-0.2, -0.15) is 0 Å². The molecule has 1 atom stereocenters. The summed E-state index contributed by atoms with van der Waals surface area (Å²) in [5, 5.41) is 9.68. The van der Waals surface area contributed by atoms with Crippen molar-refractivity contribution in [2.75, 3.05) is 6.54 Å². The van der Waals surface area contributed by atoms with E-state index >= 15 is 0 Å². The summed E-state index contributed by atoms with van der Waals surface area (Å²) in [5.41, 5.74) is 1.84. The Balaban J connectivity index is 1.60. The fourth-order valence-electron chi connectivity index (χ4n) is 4.22. The van der Waals surface area contributed by atoms with Crippen LogP contribution in [0.1, 0.15) is 57.4 Å². The maximum Gasteiger partial charge on any atom is 0.261 e. The molecule has 0 unspecified atom stereocenters. The second-order valence-corrected chi connectivity index (χ2v) is 10.5. The molecule has 1 aromatic carbocycles. The third-order valence-corrected chi connectivity index (χ3v) is 7.76. The van der Waals surface area contributed by atoms with Gasteiger partial charge in [-0.05, 0) is 48.2 Å². The van der Waals surface area contributed by atoms with Crippen molar-refractivity contribution in [3.8, 4) is 0 Å². The summed E-state index contributed by atoms with van der Waals surface area (Å²) in [6.45, 7) is 2.11. The van der Waals surface area contributed by atoms with Gasteiger partial charge in [0, 0.05) is 10.9 Å². The van der Waals surface area contributed by atoms with Gasteiger partial charge >= 0.3 is 0 Å². The lowest BCUT2D eigenvalue weighted by Gasteiger charge is -2.32. The van der Waals surface area contributed by atoms with Crippen LogP contribution in [-0.4, -0.2) is 35.2 Å². The molecule has 2 aromatic heterocycles. The average Bonchev–Trinajstić information content (AvgIpc) is 3.62. The second-order valence-electron chi connectivity index (χ2n) is 8.56. The van der Waals surface area contributed by atoms with Gasteiger partial charge in [-0.1, -0.05) is 54.8 Å². The Labute approximate surface area is 208 Å². The van der Waals surface area contributed by atoms with Crippen molar-refractivity contribution in [3.05, 3.63) is 80.2 Å². The fourth-order valence-corrected chi connectivity index (χ4v) is 5.56. The first-order valence-electron chi connectivity index (χ1n) is 11.5. The van der Waals surface area contributed by atoms with E-state index in [1.165, 1.54) is 22.7 Å². The van der Waals surface area contributed by atoms with Gasteiger partial charge in [0.2, 0.25) is 11.8 Å². The summed E-state index contributed by atoms with van der Waals surface area (Å²) < 4.78 is 0. The number of nitrogens with zero attached hydrogens (tertiary/aromatic N) is 1. The van der Waals surface area contributed by atoms with Crippen LogP contribution >= 0.6 is 22.7 Å². The summed E-state index contributed by atoms with van der Waals surface area (Å²) >= 11 is 2.86. The van der Waals surface area contributed by atoms with E-state index in [1.807, 2.05) is 54.1 Å². The maximum atomic E-state index is 13.6. The van der Waals surface area contributed by atoms with Crippen molar-refractivity contribution in [1.82, 2.24) is 15.5 Å². The van der Waals surface area contributed by atoms with Crippen LogP contribution in [-0.2, 0) is 16.1 Å². The lowest BCUT2D eigenvalue weighted by Crippen LogP contribution is -2.48. The van der Waals surface area contributed by atoms with E-state index in [2.05, 4.69) is 10.6 Å². The van der Waals surface area contributed by atoms with Crippen LogP contribution in [0.5, 0.6) is 0 Å². The van der Waals surface area contributed by atoms with Crippen LogP contribution in [0, 0.1) is 6.92 Å². The Bertz CT molecular complexity index is 1090. The molecule has 2 N–H and O–H groups in total. The molecule has 34 heavy (non-hydrogen) atoms. The summed E-state index contributed by atoms with van der Waals surface area (Å²) in [6.07, 6.45) is 4.13. The first kappa shape index (κ1) is 24.2.